The second-order valence-electron chi connectivity index (χ2n) is 16.1. The van der Waals surface area contributed by atoms with Crippen LogP contribution in [0.3, 0.4) is 0 Å². The molecule has 2 heterocycles. The molecule has 2 aromatic heterocycles. The summed E-state index contributed by atoms with van der Waals surface area (Å²) in [7, 11) is 0. The monoisotopic (exact) mass is 727 g/mol. The van der Waals surface area contributed by atoms with Crippen molar-refractivity contribution in [1.82, 2.24) is 4.57 Å². The Balaban J connectivity index is 1.06. The Morgan fingerprint density at radius 3 is 1.88 bits per heavy atom. The maximum Gasteiger partial charge on any atom is 0.143 e. The average molecular weight is 728 g/mol. The lowest BCUT2D eigenvalue weighted by molar-refractivity contribution is 0.653. The maximum atomic E-state index is 7.04. The first-order valence-electron chi connectivity index (χ1n) is 19.8. The number of rotatable bonds is 4. The molecule has 2 nitrogen and oxygen atoms in total. The molecule has 0 amide bonds. The van der Waals surface area contributed by atoms with E-state index in [1.807, 2.05) is 0 Å². The Bertz CT molecular complexity index is 3430. The first-order chi connectivity index (χ1) is 28.0. The highest BCUT2D eigenvalue weighted by atomic mass is 16.3. The van der Waals surface area contributed by atoms with E-state index in [0.717, 1.165) is 38.8 Å². The van der Waals surface area contributed by atoms with Gasteiger partial charge in [0.2, 0.25) is 0 Å². The van der Waals surface area contributed by atoms with Crippen molar-refractivity contribution in [2.75, 3.05) is 0 Å². The van der Waals surface area contributed by atoms with Gasteiger partial charge in [-0.1, -0.05) is 166 Å². The molecule has 0 radical (unpaired) electrons. The zero-order chi connectivity index (χ0) is 37.8. The molecule has 1 aliphatic carbocycles. The lowest BCUT2D eigenvalue weighted by Gasteiger charge is -2.21. The van der Waals surface area contributed by atoms with Gasteiger partial charge in [0.15, 0.2) is 0 Å². The lowest BCUT2D eigenvalue weighted by atomic mass is 9.82. The third-order valence-corrected chi connectivity index (χ3v) is 12.6. The highest BCUT2D eigenvalue weighted by Crippen LogP contribution is 2.53. The summed E-state index contributed by atoms with van der Waals surface area (Å²) < 4.78 is 9.47. The topological polar surface area (TPSA) is 18.1 Å². The average Bonchev–Trinajstić information content (AvgIpc) is 3.89. The quantitative estimate of drug-likeness (QED) is 0.177. The molecule has 1 aliphatic rings. The number of benzene rings is 9. The van der Waals surface area contributed by atoms with E-state index in [4.69, 9.17) is 4.42 Å². The second kappa shape index (κ2) is 11.9. The van der Waals surface area contributed by atoms with Crippen LogP contribution in [0.25, 0.3) is 105 Å². The molecule has 0 saturated carbocycles. The van der Waals surface area contributed by atoms with Crippen molar-refractivity contribution in [2.24, 2.45) is 0 Å². The van der Waals surface area contributed by atoms with Crippen molar-refractivity contribution < 1.29 is 4.42 Å². The van der Waals surface area contributed by atoms with Crippen LogP contribution in [-0.2, 0) is 5.41 Å². The molecule has 0 atom stereocenters. The van der Waals surface area contributed by atoms with Crippen LogP contribution in [0, 0.1) is 0 Å². The third-order valence-electron chi connectivity index (χ3n) is 12.6. The number of furan rings is 1. The summed E-state index contributed by atoms with van der Waals surface area (Å²) in [5.74, 6) is 0. The summed E-state index contributed by atoms with van der Waals surface area (Å²) in [5.41, 5.74) is 17.6. The van der Waals surface area contributed by atoms with Crippen molar-refractivity contribution in [1.29, 1.82) is 0 Å². The summed E-state index contributed by atoms with van der Waals surface area (Å²) in [6.45, 7) is 4.65. The fourth-order valence-electron chi connectivity index (χ4n) is 9.84. The smallest absolute Gasteiger partial charge is 0.143 e. The molecule has 0 N–H and O–H groups in total. The Hall–Kier alpha value is -7.16. The molecule has 0 aliphatic heterocycles. The van der Waals surface area contributed by atoms with Gasteiger partial charge in [-0.3, -0.25) is 0 Å². The molecule has 9 aromatic carbocycles. The van der Waals surface area contributed by atoms with Crippen molar-refractivity contribution in [2.45, 2.75) is 19.3 Å². The Morgan fingerprint density at radius 2 is 1.00 bits per heavy atom. The molecule has 2 heteroatoms. The van der Waals surface area contributed by atoms with Gasteiger partial charge in [-0.2, -0.15) is 0 Å². The van der Waals surface area contributed by atoms with Crippen LogP contribution in [0.4, 0.5) is 0 Å². The minimum Gasteiger partial charge on any atom is -0.455 e. The number of nitrogens with zero attached hydrogens (tertiary/aromatic N) is 1. The van der Waals surface area contributed by atoms with E-state index in [-0.39, 0.29) is 5.41 Å². The minimum absolute atomic E-state index is 0.0872. The van der Waals surface area contributed by atoms with Gasteiger partial charge < -0.3 is 8.98 Å². The zero-order valence-electron chi connectivity index (χ0n) is 31.8. The van der Waals surface area contributed by atoms with E-state index < -0.39 is 0 Å². The van der Waals surface area contributed by atoms with Crippen molar-refractivity contribution in [3.05, 3.63) is 199 Å². The largest absolute Gasteiger partial charge is 0.455 e. The first kappa shape index (κ1) is 32.1. The zero-order valence-corrected chi connectivity index (χ0v) is 31.8. The van der Waals surface area contributed by atoms with Gasteiger partial charge in [-0.05, 0) is 91.7 Å². The molecule has 12 rings (SSSR count). The number of hydrogen-bond donors (Lipinski definition) is 0. The van der Waals surface area contributed by atoms with Crippen LogP contribution in [0.1, 0.15) is 25.0 Å². The molecule has 0 unspecified atom stereocenters. The van der Waals surface area contributed by atoms with E-state index in [1.165, 1.54) is 77.1 Å². The Kier molecular flexibility index (Phi) is 6.72. The van der Waals surface area contributed by atoms with E-state index >= 15 is 0 Å². The van der Waals surface area contributed by atoms with Gasteiger partial charge in [0.1, 0.15) is 11.2 Å². The predicted octanol–water partition coefficient (Wildman–Crippen LogP) is 15.1. The van der Waals surface area contributed by atoms with Gasteiger partial charge in [0.25, 0.3) is 0 Å². The number of hydrogen-bond acceptors (Lipinski definition) is 1. The first-order valence-corrected chi connectivity index (χ1v) is 19.8. The van der Waals surface area contributed by atoms with E-state index in [9.17, 15) is 0 Å². The number of para-hydroxylation sites is 1. The van der Waals surface area contributed by atoms with Gasteiger partial charge in [-0.25, -0.2) is 0 Å². The van der Waals surface area contributed by atoms with E-state index in [2.05, 4.69) is 206 Å². The lowest BCUT2D eigenvalue weighted by Crippen LogP contribution is -2.14. The summed E-state index contributed by atoms with van der Waals surface area (Å²) in [5, 5.41) is 7.28. The third kappa shape index (κ3) is 4.65. The normalized spacial score (nSPS) is 13.2. The standard InChI is InChI=1S/C55H37NO/c1-55(2)48-24-9-8-20-45(48)52-49(55)28-27-44-43-23-12-22-42(53(43)57-54(44)52)37-17-10-18-39(31-37)56-50-29-25-36(34-13-4-3-5-14-34)32-46(50)47-33-38(26-30-51(47)56)41-21-11-16-35-15-6-7-19-40(35)41/h3-33H,1-2H3. The molecule has 0 fully saturated rings. The van der Waals surface area contributed by atoms with Crippen LogP contribution >= 0.6 is 0 Å². The Morgan fingerprint density at radius 1 is 0.386 bits per heavy atom. The van der Waals surface area contributed by atoms with Crippen LogP contribution in [0.15, 0.2) is 192 Å². The van der Waals surface area contributed by atoms with Crippen LogP contribution in [-0.4, -0.2) is 4.57 Å². The molecular formula is C55H37NO. The molecule has 0 saturated heterocycles. The Labute approximate surface area is 330 Å². The van der Waals surface area contributed by atoms with Gasteiger partial charge in [0, 0.05) is 43.8 Å². The van der Waals surface area contributed by atoms with E-state index in [1.54, 1.807) is 0 Å². The highest BCUT2D eigenvalue weighted by molar-refractivity contribution is 6.15. The maximum absolute atomic E-state index is 7.04. The SMILES string of the molecule is CC1(C)c2ccccc2-c2c1ccc1c2oc2c(-c3cccc(-n4c5ccc(-c6ccccc6)cc5c5cc(-c6cccc7ccccc67)ccc54)c3)cccc21. The minimum atomic E-state index is -0.0872. The molecule has 0 bridgehead atoms. The number of fused-ring (bicyclic) bond motifs is 11. The number of aromatic nitrogens is 1. The summed E-state index contributed by atoms with van der Waals surface area (Å²) in [6.07, 6.45) is 0. The fraction of sp³-hybridized carbons (Fsp3) is 0.0545. The van der Waals surface area contributed by atoms with Gasteiger partial charge in [-0.15, -0.1) is 0 Å². The van der Waals surface area contributed by atoms with Crippen LogP contribution in [0.2, 0.25) is 0 Å². The second-order valence-corrected chi connectivity index (χ2v) is 16.1. The predicted molar refractivity (Wildman–Crippen MR) is 239 cm³/mol. The molecule has 0 spiro atoms. The van der Waals surface area contributed by atoms with Gasteiger partial charge >= 0.3 is 0 Å². The summed E-state index contributed by atoms with van der Waals surface area (Å²) >= 11 is 0. The summed E-state index contributed by atoms with van der Waals surface area (Å²) in [6, 6.07) is 68.8. The van der Waals surface area contributed by atoms with Crippen molar-refractivity contribution >= 4 is 54.5 Å². The molecule has 57 heavy (non-hydrogen) atoms. The fourth-order valence-corrected chi connectivity index (χ4v) is 9.84. The highest BCUT2D eigenvalue weighted by Gasteiger charge is 2.37. The van der Waals surface area contributed by atoms with Crippen LogP contribution < -0.4 is 0 Å². The van der Waals surface area contributed by atoms with Crippen molar-refractivity contribution in [3.63, 3.8) is 0 Å². The van der Waals surface area contributed by atoms with Gasteiger partial charge in [0.05, 0.1) is 11.0 Å². The molecule has 268 valence electrons. The van der Waals surface area contributed by atoms with Crippen LogP contribution in [0.5, 0.6) is 0 Å². The van der Waals surface area contributed by atoms with E-state index in [0.29, 0.717) is 0 Å². The summed E-state index contributed by atoms with van der Waals surface area (Å²) in [4.78, 5) is 0. The molecular weight excluding hydrogens is 691 g/mol. The van der Waals surface area contributed by atoms with Crippen molar-refractivity contribution in [3.8, 4) is 50.2 Å². The molecule has 11 aromatic rings.